The molecule has 0 bridgehead atoms. The van der Waals surface area contributed by atoms with E-state index in [2.05, 4.69) is 5.32 Å². The Kier molecular flexibility index (Phi) is 11.6. The van der Waals surface area contributed by atoms with Crippen LogP contribution in [0.2, 0.25) is 5.02 Å². The maximum Gasteiger partial charge on any atom is 0.264 e. The second-order valence-corrected chi connectivity index (χ2v) is 12.8. The van der Waals surface area contributed by atoms with Crippen LogP contribution in [-0.2, 0) is 32.6 Å². The highest BCUT2D eigenvalue weighted by Crippen LogP contribution is 2.33. The Balaban J connectivity index is 1.82. The van der Waals surface area contributed by atoms with Crippen molar-refractivity contribution in [3.05, 3.63) is 125 Å². The molecule has 0 saturated carbocycles. The summed E-state index contributed by atoms with van der Waals surface area (Å²) in [4.78, 5) is 29.6. The molecule has 1 N–H and O–H groups in total. The Hall–Kier alpha value is -4.34. The molecule has 8 nitrogen and oxygen atoms in total. The number of benzene rings is 4. The summed E-state index contributed by atoms with van der Waals surface area (Å²) in [6, 6.07) is 28.6. The van der Waals surface area contributed by atoms with Crippen LogP contribution < -0.4 is 14.4 Å². The van der Waals surface area contributed by atoms with Gasteiger partial charge in [0.2, 0.25) is 11.8 Å². The van der Waals surface area contributed by atoms with Gasteiger partial charge in [0.15, 0.2) is 0 Å². The lowest BCUT2D eigenvalue weighted by Gasteiger charge is -2.34. The normalized spacial score (nSPS) is 11.8. The molecule has 0 spiro atoms. The van der Waals surface area contributed by atoms with Crippen molar-refractivity contribution in [1.29, 1.82) is 0 Å². The number of hydrogen-bond donors (Lipinski definition) is 1. The van der Waals surface area contributed by atoms with Crippen molar-refractivity contribution in [2.24, 2.45) is 0 Å². The molecular formula is C35H38ClN3O5S. The fraction of sp³-hybridized carbons (Fsp3) is 0.257. The summed E-state index contributed by atoms with van der Waals surface area (Å²) in [6.45, 7) is 5.75. The minimum atomic E-state index is -4.29. The van der Waals surface area contributed by atoms with Crippen LogP contribution in [0.4, 0.5) is 5.69 Å². The van der Waals surface area contributed by atoms with Crippen LogP contribution in [0.5, 0.6) is 5.75 Å². The van der Waals surface area contributed by atoms with E-state index in [9.17, 15) is 18.0 Å². The number of carbonyl (C=O) groups is 2. The highest BCUT2D eigenvalue weighted by molar-refractivity contribution is 7.92. The Labute approximate surface area is 270 Å². The van der Waals surface area contributed by atoms with Crippen molar-refractivity contribution in [2.75, 3.05) is 24.0 Å². The van der Waals surface area contributed by atoms with Crippen LogP contribution in [0.3, 0.4) is 0 Å². The number of halogens is 1. The molecule has 4 aromatic carbocycles. The van der Waals surface area contributed by atoms with Gasteiger partial charge in [-0.3, -0.25) is 13.9 Å². The lowest BCUT2D eigenvalue weighted by Crippen LogP contribution is -2.53. The number of rotatable bonds is 14. The minimum absolute atomic E-state index is 0.0411. The van der Waals surface area contributed by atoms with Crippen LogP contribution in [0.1, 0.15) is 30.5 Å². The predicted molar refractivity (Wildman–Crippen MR) is 178 cm³/mol. The number of sulfonamides is 1. The van der Waals surface area contributed by atoms with Crippen molar-refractivity contribution in [2.45, 2.75) is 44.7 Å². The number of likely N-dealkylation sites (N-methyl/N-ethyl adjacent to an activating group) is 1. The third-order valence-electron chi connectivity index (χ3n) is 7.21. The van der Waals surface area contributed by atoms with Gasteiger partial charge in [-0.1, -0.05) is 83.9 Å². The molecule has 10 heteroatoms. The highest BCUT2D eigenvalue weighted by atomic mass is 35.5. The number of carbonyl (C=O) groups excluding carboxylic acids is 2. The molecule has 0 saturated heterocycles. The smallest absolute Gasteiger partial charge is 0.264 e. The van der Waals surface area contributed by atoms with E-state index in [0.29, 0.717) is 17.3 Å². The molecule has 0 aromatic heterocycles. The second-order valence-electron chi connectivity index (χ2n) is 10.5. The summed E-state index contributed by atoms with van der Waals surface area (Å²) < 4.78 is 35.3. The average Bonchev–Trinajstić information content (AvgIpc) is 3.03. The van der Waals surface area contributed by atoms with E-state index in [1.54, 1.807) is 31.2 Å². The number of anilines is 1. The van der Waals surface area contributed by atoms with Gasteiger partial charge in [0, 0.05) is 24.5 Å². The zero-order valence-corrected chi connectivity index (χ0v) is 27.2. The zero-order chi connectivity index (χ0) is 32.4. The standard InChI is InChI=1S/C35H38ClN3O5S/c1-4-37-35(41)32(23-27-11-7-6-8-12-27)38(24-28-17-15-26(3)16-18-28)34(40)25-39(31-13-9-10-14-33(31)44-5-2)45(42,43)30-21-19-29(36)20-22-30/h6-22,32H,4-5,23-25H2,1-3H3,(H,37,41)/t32-/m0/s1. The number of ether oxygens (including phenoxy) is 1. The van der Waals surface area contributed by atoms with Crippen molar-refractivity contribution in [3.63, 3.8) is 0 Å². The van der Waals surface area contributed by atoms with Gasteiger partial charge in [0.05, 0.1) is 17.2 Å². The fourth-order valence-electron chi connectivity index (χ4n) is 4.92. The van der Waals surface area contributed by atoms with Gasteiger partial charge in [0.25, 0.3) is 10.0 Å². The zero-order valence-electron chi connectivity index (χ0n) is 25.6. The minimum Gasteiger partial charge on any atom is -0.492 e. The van der Waals surface area contributed by atoms with Gasteiger partial charge in [-0.05, 0) is 68.3 Å². The summed E-state index contributed by atoms with van der Waals surface area (Å²) in [6.07, 6.45) is 0.240. The van der Waals surface area contributed by atoms with E-state index in [1.807, 2.05) is 68.4 Å². The van der Waals surface area contributed by atoms with Crippen LogP contribution in [-0.4, -0.2) is 50.9 Å². The number of aryl methyl sites for hydroxylation is 1. The first-order valence-corrected chi connectivity index (χ1v) is 16.6. The van der Waals surface area contributed by atoms with E-state index >= 15 is 0 Å². The maximum absolute atomic E-state index is 14.5. The van der Waals surface area contributed by atoms with Crippen LogP contribution >= 0.6 is 11.6 Å². The van der Waals surface area contributed by atoms with E-state index in [0.717, 1.165) is 21.0 Å². The quantitative estimate of drug-likeness (QED) is 0.181. The number of hydrogen-bond acceptors (Lipinski definition) is 5. The highest BCUT2D eigenvalue weighted by Gasteiger charge is 2.35. The van der Waals surface area contributed by atoms with E-state index in [1.165, 1.54) is 29.2 Å². The molecule has 236 valence electrons. The Morgan fingerprint density at radius 2 is 1.49 bits per heavy atom. The first-order valence-electron chi connectivity index (χ1n) is 14.8. The molecule has 2 amide bonds. The molecule has 0 aliphatic heterocycles. The Morgan fingerprint density at radius 1 is 0.844 bits per heavy atom. The molecule has 0 fully saturated rings. The first-order chi connectivity index (χ1) is 21.6. The van der Waals surface area contributed by atoms with Gasteiger partial charge in [0.1, 0.15) is 18.3 Å². The molecule has 4 aromatic rings. The van der Waals surface area contributed by atoms with Gasteiger partial charge >= 0.3 is 0 Å². The average molecular weight is 648 g/mol. The largest absolute Gasteiger partial charge is 0.492 e. The molecule has 0 aliphatic rings. The molecule has 45 heavy (non-hydrogen) atoms. The molecule has 0 heterocycles. The van der Waals surface area contributed by atoms with Gasteiger partial charge < -0.3 is 15.0 Å². The van der Waals surface area contributed by atoms with Crippen LogP contribution in [0, 0.1) is 6.92 Å². The molecule has 0 aliphatic carbocycles. The Morgan fingerprint density at radius 3 is 2.13 bits per heavy atom. The van der Waals surface area contributed by atoms with Gasteiger partial charge in [-0.25, -0.2) is 8.42 Å². The first kappa shape index (κ1) is 33.6. The number of nitrogens with zero attached hydrogens (tertiary/aromatic N) is 2. The van der Waals surface area contributed by atoms with E-state index in [4.69, 9.17) is 16.3 Å². The third-order valence-corrected chi connectivity index (χ3v) is 9.24. The summed E-state index contributed by atoms with van der Waals surface area (Å²) in [7, 11) is -4.29. The SMILES string of the molecule is CCNC(=O)[C@H](Cc1ccccc1)N(Cc1ccc(C)cc1)C(=O)CN(c1ccccc1OCC)S(=O)(=O)c1ccc(Cl)cc1. The predicted octanol–water partition coefficient (Wildman–Crippen LogP) is 6.02. The summed E-state index contributed by atoms with van der Waals surface area (Å²) >= 11 is 6.07. The van der Waals surface area contributed by atoms with E-state index in [-0.39, 0.29) is 36.1 Å². The van der Waals surface area contributed by atoms with Crippen LogP contribution in [0.15, 0.2) is 108 Å². The van der Waals surface area contributed by atoms with Crippen molar-refractivity contribution >= 4 is 39.1 Å². The molecule has 0 radical (unpaired) electrons. The van der Waals surface area contributed by atoms with E-state index < -0.39 is 28.5 Å². The second kappa shape index (κ2) is 15.6. The van der Waals surface area contributed by atoms with Crippen LogP contribution in [0.25, 0.3) is 0 Å². The monoisotopic (exact) mass is 647 g/mol. The lowest BCUT2D eigenvalue weighted by atomic mass is 10.0. The Bertz CT molecular complexity index is 1680. The lowest BCUT2D eigenvalue weighted by molar-refractivity contribution is -0.140. The topological polar surface area (TPSA) is 96.0 Å². The number of nitrogens with one attached hydrogen (secondary N) is 1. The summed E-state index contributed by atoms with van der Waals surface area (Å²) in [5.74, 6) is -0.574. The van der Waals surface area contributed by atoms with Gasteiger partial charge in [-0.2, -0.15) is 0 Å². The molecule has 1 atom stereocenters. The molecular weight excluding hydrogens is 610 g/mol. The summed E-state index contributed by atoms with van der Waals surface area (Å²) in [5, 5.41) is 3.25. The molecule has 4 rings (SSSR count). The van der Waals surface area contributed by atoms with Crippen molar-refractivity contribution in [3.8, 4) is 5.75 Å². The fourth-order valence-corrected chi connectivity index (χ4v) is 6.47. The van der Waals surface area contributed by atoms with Crippen molar-refractivity contribution < 1.29 is 22.7 Å². The number of amides is 2. The van der Waals surface area contributed by atoms with Crippen molar-refractivity contribution in [1.82, 2.24) is 10.2 Å². The van der Waals surface area contributed by atoms with Gasteiger partial charge in [-0.15, -0.1) is 0 Å². The molecule has 0 unspecified atom stereocenters. The maximum atomic E-state index is 14.5. The summed E-state index contributed by atoms with van der Waals surface area (Å²) in [5.41, 5.74) is 2.92. The number of para-hydroxylation sites is 2. The third kappa shape index (κ3) is 8.65.